The maximum Gasteiger partial charge on any atom is 0.133 e. The van der Waals surface area contributed by atoms with Gasteiger partial charge in [-0.2, -0.15) is 5.10 Å². The van der Waals surface area contributed by atoms with Crippen LogP contribution in [0.5, 0.6) is 0 Å². The lowest BCUT2D eigenvalue weighted by atomic mass is 10.1. The molecule has 23 heavy (non-hydrogen) atoms. The van der Waals surface area contributed by atoms with Crippen LogP contribution in [0.2, 0.25) is 5.02 Å². The van der Waals surface area contributed by atoms with E-state index in [2.05, 4.69) is 10.3 Å². The molecular weight excluding hydrogens is 308 g/mol. The van der Waals surface area contributed by atoms with Crippen molar-refractivity contribution in [1.29, 1.82) is 0 Å². The number of anilines is 1. The summed E-state index contributed by atoms with van der Waals surface area (Å²) in [5, 5.41) is 9.12. The predicted octanol–water partition coefficient (Wildman–Crippen LogP) is 4.34. The van der Waals surface area contributed by atoms with Crippen LogP contribution in [0.25, 0.3) is 17.1 Å². The molecule has 116 valence electrons. The summed E-state index contributed by atoms with van der Waals surface area (Å²) in [5.74, 6) is 1.07. The van der Waals surface area contributed by atoms with Crippen LogP contribution in [-0.2, 0) is 6.42 Å². The summed E-state index contributed by atoms with van der Waals surface area (Å²) in [6.45, 7) is 0.966. The Morgan fingerprint density at radius 3 is 2.70 bits per heavy atom. The van der Waals surface area contributed by atoms with Crippen molar-refractivity contribution in [3.63, 3.8) is 0 Å². The summed E-state index contributed by atoms with van der Waals surface area (Å²) < 4.78 is 1.97. The Morgan fingerprint density at radius 1 is 1.04 bits per heavy atom. The Labute approximate surface area is 140 Å². The van der Waals surface area contributed by atoms with E-state index in [0.717, 1.165) is 53.7 Å². The van der Waals surface area contributed by atoms with Gasteiger partial charge in [-0.1, -0.05) is 17.7 Å². The standard InChI is InChI=1S/C18H17ClN4/c19-13-7-9-14(10-8-13)23-18-15(5-1-3-12-21-18)17(22-23)16-6-2-4-11-20-16/h2,4,6-11,21H,1,3,5,12H2. The number of rotatable bonds is 2. The van der Waals surface area contributed by atoms with Gasteiger partial charge in [-0.25, -0.2) is 4.68 Å². The number of hydrogen-bond donors (Lipinski definition) is 1. The molecule has 0 atom stereocenters. The molecule has 0 aliphatic carbocycles. The van der Waals surface area contributed by atoms with Crippen LogP contribution in [0.1, 0.15) is 18.4 Å². The molecule has 0 bridgehead atoms. The van der Waals surface area contributed by atoms with E-state index < -0.39 is 0 Å². The molecule has 0 saturated carbocycles. The number of nitrogens with one attached hydrogen (secondary N) is 1. The Bertz CT molecular complexity index is 809. The Hall–Kier alpha value is -2.33. The van der Waals surface area contributed by atoms with Crippen molar-refractivity contribution >= 4 is 17.4 Å². The van der Waals surface area contributed by atoms with Crippen LogP contribution in [-0.4, -0.2) is 21.3 Å². The van der Waals surface area contributed by atoms with Crippen LogP contribution >= 0.6 is 11.6 Å². The van der Waals surface area contributed by atoms with Crippen LogP contribution in [0.15, 0.2) is 48.7 Å². The van der Waals surface area contributed by atoms with Crippen LogP contribution in [0.3, 0.4) is 0 Å². The minimum atomic E-state index is 0.727. The minimum Gasteiger partial charge on any atom is -0.370 e. The molecule has 4 rings (SSSR count). The van der Waals surface area contributed by atoms with Gasteiger partial charge in [-0.15, -0.1) is 0 Å². The average molecular weight is 325 g/mol. The molecule has 4 nitrogen and oxygen atoms in total. The highest BCUT2D eigenvalue weighted by molar-refractivity contribution is 6.30. The smallest absolute Gasteiger partial charge is 0.133 e. The lowest BCUT2D eigenvalue weighted by Crippen LogP contribution is -2.07. The molecule has 3 aromatic rings. The normalized spacial score (nSPS) is 14.0. The molecule has 0 amide bonds. The third kappa shape index (κ3) is 2.70. The van der Waals surface area contributed by atoms with E-state index in [1.165, 1.54) is 5.56 Å². The molecule has 3 heterocycles. The van der Waals surface area contributed by atoms with Gasteiger partial charge in [0, 0.05) is 23.3 Å². The lowest BCUT2D eigenvalue weighted by Gasteiger charge is -2.09. The van der Waals surface area contributed by atoms with Gasteiger partial charge in [0.2, 0.25) is 0 Å². The number of fused-ring (bicyclic) bond motifs is 1. The fourth-order valence-electron chi connectivity index (χ4n) is 2.98. The van der Waals surface area contributed by atoms with Gasteiger partial charge >= 0.3 is 0 Å². The summed E-state index contributed by atoms with van der Waals surface area (Å²) >= 11 is 6.01. The maximum atomic E-state index is 6.01. The summed E-state index contributed by atoms with van der Waals surface area (Å²) in [6.07, 6.45) is 5.15. The van der Waals surface area contributed by atoms with Gasteiger partial charge < -0.3 is 5.32 Å². The molecule has 1 aliphatic heterocycles. The van der Waals surface area contributed by atoms with E-state index in [1.54, 1.807) is 0 Å². The topological polar surface area (TPSA) is 42.7 Å². The number of pyridine rings is 1. The predicted molar refractivity (Wildman–Crippen MR) is 93.2 cm³/mol. The van der Waals surface area contributed by atoms with Crippen LogP contribution in [0.4, 0.5) is 5.82 Å². The fraction of sp³-hybridized carbons (Fsp3) is 0.222. The molecule has 1 aromatic carbocycles. The van der Waals surface area contributed by atoms with Crippen molar-refractivity contribution in [1.82, 2.24) is 14.8 Å². The third-order valence-electron chi connectivity index (χ3n) is 4.11. The molecule has 0 fully saturated rings. The summed E-state index contributed by atoms with van der Waals surface area (Å²) in [7, 11) is 0. The maximum absolute atomic E-state index is 6.01. The molecule has 2 aromatic heterocycles. The second-order valence-corrected chi connectivity index (χ2v) is 6.10. The Kier molecular flexibility index (Phi) is 3.75. The van der Waals surface area contributed by atoms with Gasteiger partial charge in [0.15, 0.2) is 0 Å². The van der Waals surface area contributed by atoms with E-state index in [9.17, 15) is 0 Å². The second kappa shape index (κ2) is 6.05. The zero-order chi connectivity index (χ0) is 15.6. The summed E-state index contributed by atoms with van der Waals surface area (Å²) in [5.41, 5.74) is 4.13. The third-order valence-corrected chi connectivity index (χ3v) is 4.36. The van der Waals surface area contributed by atoms with E-state index >= 15 is 0 Å². The second-order valence-electron chi connectivity index (χ2n) is 5.66. The summed E-state index contributed by atoms with van der Waals surface area (Å²) in [6, 6.07) is 13.7. The van der Waals surface area contributed by atoms with Gasteiger partial charge in [-0.05, 0) is 55.7 Å². The summed E-state index contributed by atoms with van der Waals surface area (Å²) in [4.78, 5) is 4.48. The number of nitrogens with zero attached hydrogens (tertiary/aromatic N) is 3. The van der Waals surface area contributed by atoms with E-state index in [4.69, 9.17) is 16.7 Å². The Balaban J connectivity index is 1.89. The quantitative estimate of drug-likeness (QED) is 0.762. The first-order valence-electron chi connectivity index (χ1n) is 7.86. The molecule has 1 N–H and O–H groups in total. The number of aromatic nitrogens is 3. The number of hydrogen-bond acceptors (Lipinski definition) is 3. The number of halogens is 1. The average Bonchev–Trinajstić information content (AvgIpc) is 2.78. The lowest BCUT2D eigenvalue weighted by molar-refractivity contribution is 0.779. The molecule has 5 heteroatoms. The first kappa shape index (κ1) is 14.3. The van der Waals surface area contributed by atoms with Crippen molar-refractivity contribution < 1.29 is 0 Å². The number of benzene rings is 1. The molecule has 0 saturated heterocycles. The highest BCUT2D eigenvalue weighted by Crippen LogP contribution is 2.33. The van der Waals surface area contributed by atoms with Gasteiger partial charge in [0.25, 0.3) is 0 Å². The fourth-order valence-corrected chi connectivity index (χ4v) is 3.11. The van der Waals surface area contributed by atoms with Gasteiger partial charge in [-0.3, -0.25) is 4.98 Å². The van der Waals surface area contributed by atoms with Crippen molar-refractivity contribution in [3.8, 4) is 17.1 Å². The first-order valence-corrected chi connectivity index (χ1v) is 8.24. The van der Waals surface area contributed by atoms with Crippen molar-refractivity contribution in [2.24, 2.45) is 0 Å². The van der Waals surface area contributed by atoms with Crippen molar-refractivity contribution in [3.05, 3.63) is 59.2 Å². The van der Waals surface area contributed by atoms with Crippen LogP contribution in [0, 0.1) is 0 Å². The SMILES string of the molecule is Clc1ccc(-n2nc(-c3ccccn3)c3c2NCCCC3)cc1. The largest absolute Gasteiger partial charge is 0.370 e. The van der Waals surface area contributed by atoms with Crippen molar-refractivity contribution in [2.75, 3.05) is 11.9 Å². The van der Waals surface area contributed by atoms with Crippen LogP contribution < -0.4 is 5.32 Å². The Morgan fingerprint density at radius 2 is 1.91 bits per heavy atom. The molecule has 0 spiro atoms. The molecule has 1 aliphatic rings. The molecule has 0 radical (unpaired) electrons. The van der Waals surface area contributed by atoms with Gasteiger partial charge in [0.1, 0.15) is 11.5 Å². The monoisotopic (exact) mass is 324 g/mol. The molecular formula is C18H17ClN4. The minimum absolute atomic E-state index is 0.727. The molecule has 0 unspecified atom stereocenters. The highest BCUT2D eigenvalue weighted by Gasteiger charge is 2.22. The zero-order valence-corrected chi connectivity index (χ0v) is 13.4. The highest BCUT2D eigenvalue weighted by atomic mass is 35.5. The van der Waals surface area contributed by atoms with E-state index in [-0.39, 0.29) is 0 Å². The first-order chi connectivity index (χ1) is 11.3. The van der Waals surface area contributed by atoms with E-state index in [1.807, 2.05) is 53.3 Å². The van der Waals surface area contributed by atoms with Gasteiger partial charge in [0.05, 0.1) is 11.4 Å². The zero-order valence-electron chi connectivity index (χ0n) is 12.7. The van der Waals surface area contributed by atoms with E-state index in [0.29, 0.717) is 0 Å². The van der Waals surface area contributed by atoms with Crippen molar-refractivity contribution in [2.45, 2.75) is 19.3 Å².